The molecule has 0 saturated carbocycles. The standard InChI is InChI=1S/C28H25F2N5O4/c1-28(2,3)39-27(38)33-22-11-10-17(20-8-5-9-21(29)26(20)30)15-23(22)32-25(37)16-24(36)18-6-4-7-19(14-18)35-13-12-31-34-35/h4-15H,16H2,1-3H3,(H,32,37)(H,33,38). The number of nitrogens with zero attached hydrogens (tertiary/aromatic N) is 3. The van der Waals surface area contributed by atoms with E-state index in [9.17, 15) is 23.2 Å². The van der Waals surface area contributed by atoms with E-state index in [2.05, 4.69) is 20.9 Å². The maximum absolute atomic E-state index is 14.5. The Morgan fingerprint density at radius 3 is 2.44 bits per heavy atom. The second-order valence-electron chi connectivity index (χ2n) is 9.53. The first-order valence-electron chi connectivity index (χ1n) is 11.9. The molecule has 0 aliphatic carbocycles. The van der Waals surface area contributed by atoms with E-state index in [1.54, 1.807) is 51.2 Å². The van der Waals surface area contributed by atoms with Crippen LogP contribution in [-0.4, -0.2) is 38.4 Å². The molecular formula is C28H25F2N5O4. The molecule has 1 heterocycles. The summed E-state index contributed by atoms with van der Waals surface area (Å²) in [7, 11) is 0. The number of hydrogen-bond donors (Lipinski definition) is 2. The summed E-state index contributed by atoms with van der Waals surface area (Å²) < 4.78 is 35.1. The summed E-state index contributed by atoms with van der Waals surface area (Å²) in [6.45, 7) is 5.07. The Labute approximate surface area is 222 Å². The third kappa shape index (κ3) is 6.89. The Kier molecular flexibility index (Phi) is 7.80. The van der Waals surface area contributed by atoms with Gasteiger partial charge in [0.15, 0.2) is 17.4 Å². The van der Waals surface area contributed by atoms with Gasteiger partial charge in [-0.15, -0.1) is 5.10 Å². The molecule has 0 saturated heterocycles. The lowest BCUT2D eigenvalue weighted by Crippen LogP contribution is -2.27. The topological polar surface area (TPSA) is 115 Å². The highest BCUT2D eigenvalue weighted by Gasteiger charge is 2.20. The molecule has 2 amide bonds. The number of anilines is 2. The van der Waals surface area contributed by atoms with Crippen molar-refractivity contribution in [2.75, 3.05) is 10.6 Å². The quantitative estimate of drug-likeness (QED) is 0.230. The largest absolute Gasteiger partial charge is 0.444 e. The van der Waals surface area contributed by atoms with Crippen LogP contribution in [0.2, 0.25) is 0 Å². The monoisotopic (exact) mass is 533 g/mol. The number of carbonyl (C=O) groups excluding carboxylic acids is 3. The number of benzene rings is 3. The van der Waals surface area contributed by atoms with Gasteiger partial charge in [-0.3, -0.25) is 14.9 Å². The predicted octanol–water partition coefficient (Wildman–Crippen LogP) is 5.77. The lowest BCUT2D eigenvalue weighted by molar-refractivity contribution is -0.115. The number of nitrogens with one attached hydrogen (secondary N) is 2. The van der Waals surface area contributed by atoms with Crippen LogP contribution in [0.5, 0.6) is 0 Å². The number of rotatable bonds is 7. The number of Topliss-reactive ketones (excluding diaryl/α,β-unsaturated/α-hetero) is 1. The Morgan fingerprint density at radius 1 is 0.949 bits per heavy atom. The first kappa shape index (κ1) is 27.1. The average Bonchev–Trinajstić information content (AvgIpc) is 3.41. The van der Waals surface area contributed by atoms with Crippen molar-refractivity contribution in [3.8, 4) is 16.8 Å². The molecule has 11 heteroatoms. The van der Waals surface area contributed by atoms with Gasteiger partial charge in [0.05, 0.1) is 35.9 Å². The van der Waals surface area contributed by atoms with Gasteiger partial charge in [-0.2, -0.15) is 0 Å². The molecule has 0 unspecified atom stereocenters. The van der Waals surface area contributed by atoms with Gasteiger partial charge in [0.2, 0.25) is 5.91 Å². The molecule has 0 aliphatic heterocycles. The molecule has 2 N–H and O–H groups in total. The zero-order valence-corrected chi connectivity index (χ0v) is 21.4. The van der Waals surface area contributed by atoms with E-state index in [-0.39, 0.29) is 28.1 Å². The summed E-state index contributed by atoms with van der Waals surface area (Å²) in [6.07, 6.45) is 1.80. The highest BCUT2D eigenvalue weighted by molar-refractivity contribution is 6.12. The van der Waals surface area contributed by atoms with Crippen LogP contribution >= 0.6 is 0 Å². The van der Waals surface area contributed by atoms with Gasteiger partial charge >= 0.3 is 6.09 Å². The van der Waals surface area contributed by atoms with Gasteiger partial charge in [-0.05, 0) is 56.7 Å². The fourth-order valence-corrected chi connectivity index (χ4v) is 3.67. The second kappa shape index (κ2) is 11.2. The van der Waals surface area contributed by atoms with E-state index in [1.807, 2.05) is 0 Å². The van der Waals surface area contributed by atoms with Crippen LogP contribution < -0.4 is 10.6 Å². The Balaban J connectivity index is 1.58. The van der Waals surface area contributed by atoms with Crippen LogP contribution in [-0.2, 0) is 9.53 Å². The molecule has 3 aromatic carbocycles. The summed E-state index contributed by atoms with van der Waals surface area (Å²) in [5, 5.41) is 12.8. The molecule has 39 heavy (non-hydrogen) atoms. The average molecular weight is 534 g/mol. The number of aromatic nitrogens is 3. The van der Waals surface area contributed by atoms with Crippen LogP contribution in [0, 0.1) is 11.6 Å². The predicted molar refractivity (Wildman–Crippen MR) is 141 cm³/mol. The smallest absolute Gasteiger partial charge is 0.412 e. The molecule has 9 nitrogen and oxygen atoms in total. The second-order valence-corrected chi connectivity index (χ2v) is 9.53. The summed E-state index contributed by atoms with van der Waals surface area (Å²) in [6, 6.07) is 14.5. The molecule has 0 fully saturated rings. The van der Waals surface area contributed by atoms with E-state index in [4.69, 9.17) is 4.74 Å². The minimum Gasteiger partial charge on any atom is -0.444 e. The van der Waals surface area contributed by atoms with Gasteiger partial charge in [-0.1, -0.05) is 35.5 Å². The van der Waals surface area contributed by atoms with Crippen LogP contribution in [0.15, 0.2) is 73.1 Å². The maximum Gasteiger partial charge on any atom is 0.412 e. The normalized spacial score (nSPS) is 11.1. The van der Waals surface area contributed by atoms with Gasteiger partial charge < -0.3 is 10.1 Å². The first-order valence-corrected chi connectivity index (χ1v) is 11.9. The number of halogens is 2. The molecule has 200 valence electrons. The number of carbonyl (C=O) groups is 3. The van der Waals surface area contributed by atoms with Gasteiger partial charge in [0.1, 0.15) is 5.60 Å². The summed E-state index contributed by atoms with van der Waals surface area (Å²) in [5.41, 5.74) is 0.480. The van der Waals surface area contributed by atoms with Crippen LogP contribution in [0.25, 0.3) is 16.8 Å². The minimum atomic E-state index is -1.06. The van der Waals surface area contributed by atoms with E-state index < -0.39 is 41.4 Å². The van der Waals surface area contributed by atoms with Gasteiger partial charge in [0.25, 0.3) is 0 Å². The van der Waals surface area contributed by atoms with E-state index >= 15 is 0 Å². The highest BCUT2D eigenvalue weighted by Crippen LogP contribution is 2.32. The van der Waals surface area contributed by atoms with Crippen molar-refractivity contribution < 1.29 is 27.9 Å². The molecule has 1 aromatic heterocycles. The lowest BCUT2D eigenvalue weighted by atomic mass is 10.0. The zero-order chi connectivity index (χ0) is 28.2. The molecule has 0 spiro atoms. The molecule has 4 aromatic rings. The van der Waals surface area contributed by atoms with E-state index in [0.717, 1.165) is 6.07 Å². The van der Waals surface area contributed by atoms with Gasteiger partial charge in [0, 0.05) is 11.1 Å². The van der Waals surface area contributed by atoms with Crippen LogP contribution in [0.3, 0.4) is 0 Å². The summed E-state index contributed by atoms with van der Waals surface area (Å²) in [5.74, 6) is -3.25. The van der Waals surface area contributed by atoms with Crippen molar-refractivity contribution in [1.29, 1.82) is 0 Å². The first-order chi connectivity index (χ1) is 18.5. The number of hydrogen-bond acceptors (Lipinski definition) is 6. The molecule has 4 rings (SSSR count). The SMILES string of the molecule is CC(C)(C)OC(=O)Nc1ccc(-c2cccc(F)c2F)cc1NC(=O)CC(=O)c1cccc(-n2ccnn2)c1. The van der Waals surface area contributed by atoms with Crippen molar-refractivity contribution in [2.45, 2.75) is 32.8 Å². The number of amides is 2. The number of ketones is 1. The van der Waals surface area contributed by atoms with E-state index in [0.29, 0.717) is 5.69 Å². The summed E-state index contributed by atoms with van der Waals surface area (Å²) in [4.78, 5) is 38.2. The van der Waals surface area contributed by atoms with Crippen molar-refractivity contribution in [3.05, 3.63) is 90.3 Å². The number of ether oxygens (including phenoxy) is 1. The molecule has 0 aliphatic rings. The molecular weight excluding hydrogens is 508 g/mol. The third-order valence-corrected chi connectivity index (χ3v) is 5.37. The third-order valence-electron chi connectivity index (χ3n) is 5.37. The fraction of sp³-hybridized carbons (Fsp3) is 0.179. The van der Waals surface area contributed by atoms with Crippen molar-refractivity contribution in [3.63, 3.8) is 0 Å². The Bertz CT molecular complexity index is 1530. The Hall–Kier alpha value is -4.93. The minimum absolute atomic E-state index is 0.0460. The molecule has 0 atom stereocenters. The van der Waals surface area contributed by atoms with Crippen molar-refractivity contribution in [1.82, 2.24) is 15.0 Å². The van der Waals surface area contributed by atoms with Crippen molar-refractivity contribution in [2.24, 2.45) is 0 Å². The van der Waals surface area contributed by atoms with Crippen molar-refractivity contribution >= 4 is 29.2 Å². The molecule has 0 bridgehead atoms. The Morgan fingerprint density at radius 2 is 1.72 bits per heavy atom. The van der Waals surface area contributed by atoms with Gasteiger partial charge in [-0.25, -0.2) is 18.3 Å². The lowest BCUT2D eigenvalue weighted by Gasteiger charge is -2.21. The fourth-order valence-electron chi connectivity index (χ4n) is 3.67. The van der Waals surface area contributed by atoms with Crippen LogP contribution in [0.1, 0.15) is 37.6 Å². The summed E-state index contributed by atoms with van der Waals surface area (Å²) >= 11 is 0. The highest BCUT2D eigenvalue weighted by atomic mass is 19.2. The zero-order valence-electron chi connectivity index (χ0n) is 21.4. The van der Waals surface area contributed by atoms with Crippen LogP contribution in [0.4, 0.5) is 25.0 Å². The van der Waals surface area contributed by atoms with E-state index in [1.165, 1.54) is 41.2 Å². The molecule has 0 radical (unpaired) electrons. The maximum atomic E-state index is 14.5.